The van der Waals surface area contributed by atoms with Gasteiger partial charge in [0, 0.05) is 30.6 Å². The molecule has 7 heteroatoms. The predicted octanol–water partition coefficient (Wildman–Crippen LogP) is 2.73. The predicted molar refractivity (Wildman–Crippen MR) is 100 cm³/mol. The molecule has 134 valence electrons. The molecule has 0 aliphatic rings. The van der Waals surface area contributed by atoms with Crippen LogP contribution in [0.4, 0.5) is 0 Å². The Morgan fingerprint density at radius 2 is 1.93 bits per heavy atom. The number of rotatable bonds is 5. The first-order chi connectivity index (χ1) is 13.3. The number of nitrogens with zero attached hydrogens (tertiary/aromatic N) is 4. The molecular formula is C20H17N5O2. The standard InChI is InChI=1S/C20H17N5O2/c1-27-18-11-14(7-9-21-18)12-23-20(26)16-13-24-25-17(8-10-22-19(16)25)15-5-3-2-4-6-15/h2-11,13H,12H2,1H3,(H,23,26). The Bertz CT molecular complexity index is 1090. The number of hydrogen-bond acceptors (Lipinski definition) is 5. The lowest BCUT2D eigenvalue weighted by Gasteiger charge is -2.06. The van der Waals surface area contributed by atoms with E-state index in [2.05, 4.69) is 20.4 Å². The second kappa shape index (κ2) is 7.25. The number of carbonyl (C=O) groups excluding carboxylic acids is 1. The molecule has 0 saturated heterocycles. The van der Waals surface area contributed by atoms with Crippen molar-refractivity contribution in [2.45, 2.75) is 6.54 Å². The monoisotopic (exact) mass is 359 g/mol. The van der Waals surface area contributed by atoms with Gasteiger partial charge in [-0.2, -0.15) is 5.10 Å². The van der Waals surface area contributed by atoms with Crippen LogP contribution in [-0.2, 0) is 6.54 Å². The summed E-state index contributed by atoms with van der Waals surface area (Å²) < 4.78 is 6.78. The summed E-state index contributed by atoms with van der Waals surface area (Å²) in [5.41, 5.74) is 3.71. The first kappa shape index (κ1) is 16.7. The van der Waals surface area contributed by atoms with Gasteiger partial charge >= 0.3 is 0 Å². The third-order valence-electron chi connectivity index (χ3n) is 4.18. The van der Waals surface area contributed by atoms with Crippen LogP contribution in [0.1, 0.15) is 15.9 Å². The van der Waals surface area contributed by atoms with Gasteiger partial charge in [-0.05, 0) is 17.7 Å². The number of nitrogens with one attached hydrogen (secondary N) is 1. The molecule has 0 aliphatic carbocycles. The van der Waals surface area contributed by atoms with Gasteiger partial charge in [-0.3, -0.25) is 4.79 Å². The molecule has 4 rings (SSSR count). The number of pyridine rings is 1. The molecule has 0 saturated carbocycles. The SMILES string of the molecule is COc1cc(CNC(=O)c2cnn3c(-c4ccccc4)ccnc23)ccn1. The van der Waals surface area contributed by atoms with Gasteiger partial charge < -0.3 is 10.1 Å². The quantitative estimate of drug-likeness (QED) is 0.592. The summed E-state index contributed by atoms with van der Waals surface area (Å²) in [4.78, 5) is 21.0. The molecule has 1 N–H and O–H groups in total. The molecule has 0 spiro atoms. The molecule has 1 aromatic carbocycles. The van der Waals surface area contributed by atoms with E-state index in [1.807, 2.05) is 42.5 Å². The normalized spacial score (nSPS) is 10.7. The van der Waals surface area contributed by atoms with Crippen molar-refractivity contribution in [2.24, 2.45) is 0 Å². The molecule has 0 fully saturated rings. The van der Waals surface area contributed by atoms with E-state index >= 15 is 0 Å². The number of aromatic nitrogens is 4. The fraction of sp³-hybridized carbons (Fsp3) is 0.100. The summed E-state index contributed by atoms with van der Waals surface area (Å²) in [6.45, 7) is 0.355. The zero-order valence-corrected chi connectivity index (χ0v) is 14.7. The van der Waals surface area contributed by atoms with Crippen molar-refractivity contribution in [3.8, 4) is 17.1 Å². The second-order valence-corrected chi connectivity index (χ2v) is 5.88. The van der Waals surface area contributed by atoms with Crippen LogP contribution in [0.15, 0.2) is 67.1 Å². The molecule has 0 atom stereocenters. The minimum atomic E-state index is -0.238. The average Bonchev–Trinajstić information content (AvgIpc) is 3.17. The van der Waals surface area contributed by atoms with Gasteiger partial charge in [0.1, 0.15) is 5.56 Å². The van der Waals surface area contributed by atoms with E-state index in [1.54, 1.807) is 30.1 Å². The molecule has 0 unspecified atom stereocenters. The van der Waals surface area contributed by atoms with Gasteiger partial charge in [0.25, 0.3) is 5.91 Å². The lowest BCUT2D eigenvalue weighted by molar-refractivity contribution is 0.0952. The maximum Gasteiger partial charge on any atom is 0.257 e. The summed E-state index contributed by atoms with van der Waals surface area (Å²) in [5.74, 6) is 0.269. The maximum absolute atomic E-state index is 12.6. The first-order valence-corrected chi connectivity index (χ1v) is 8.41. The van der Waals surface area contributed by atoms with Crippen LogP contribution >= 0.6 is 0 Å². The van der Waals surface area contributed by atoms with Gasteiger partial charge in [0.15, 0.2) is 5.65 Å². The molecule has 0 bridgehead atoms. The molecule has 3 heterocycles. The lowest BCUT2D eigenvalue weighted by atomic mass is 10.1. The smallest absolute Gasteiger partial charge is 0.257 e. The van der Waals surface area contributed by atoms with Crippen molar-refractivity contribution in [2.75, 3.05) is 7.11 Å². The Labute approximate surface area is 155 Å². The summed E-state index contributed by atoms with van der Waals surface area (Å²) in [6.07, 6.45) is 4.87. The summed E-state index contributed by atoms with van der Waals surface area (Å²) in [6, 6.07) is 15.3. The first-order valence-electron chi connectivity index (χ1n) is 8.41. The van der Waals surface area contributed by atoms with E-state index < -0.39 is 0 Å². The fourth-order valence-corrected chi connectivity index (χ4v) is 2.83. The van der Waals surface area contributed by atoms with Crippen molar-refractivity contribution in [1.29, 1.82) is 0 Å². The van der Waals surface area contributed by atoms with Crippen LogP contribution in [0.3, 0.4) is 0 Å². The van der Waals surface area contributed by atoms with E-state index in [0.29, 0.717) is 23.6 Å². The van der Waals surface area contributed by atoms with Crippen LogP contribution in [0.25, 0.3) is 16.9 Å². The van der Waals surface area contributed by atoms with Gasteiger partial charge in [-0.25, -0.2) is 14.5 Å². The Kier molecular flexibility index (Phi) is 4.49. The molecular weight excluding hydrogens is 342 g/mol. The van der Waals surface area contributed by atoms with E-state index in [-0.39, 0.29) is 5.91 Å². The van der Waals surface area contributed by atoms with Gasteiger partial charge in [0.2, 0.25) is 5.88 Å². The van der Waals surface area contributed by atoms with Crippen molar-refractivity contribution < 1.29 is 9.53 Å². The molecule has 7 nitrogen and oxygen atoms in total. The van der Waals surface area contributed by atoms with Crippen molar-refractivity contribution >= 4 is 11.6 Å². The molecule has 27 heavy (non-hydrogen) atoms. The van der Waals surface area contributed by atoms with Crippen LogP contribution in [0.2, 0.25) is 0 Å². The van der Waals surface area contributed by atoms with E-state index in [0.717, 1.165) is 16.8 Å². The van der Waals surface area contributed by atoms with Gasteiger partial charge in [-0.15, -0.1) is 0 Å². The highest BCUT2D eigenvalue weighted by atomic mass is 16.5. The summed E-state index contributed by atoms with van der Waals surface area (Å²) >= 11 is 0. The molecule has 0 radical (unpaired) electrons. The van der Waals surface area contributed by atoms with Crippen molar-refractivity contribution in [3.63, 3.8) is 0 Å². The Morgan fingerprint density at radius 1 is 1.11 bits per heavy atom. The minimum absolute atomic E-state index is 0.238. The van der Waals surface area contributed by atoms with Crippen molar-refractivity contribution in [1.82, 2.24) is 24.9 Å². The maximum atomic E-state index is 12.6. The lowest BCUT2D eigenvalue weighted by Crippen LogP contribution is -2.22. The third kappa shape index (κ3) is 3.35. The van der Waals surface area contributed by atoms with E-state index in [1.165, 1.54) is 6.20 Å². The fourth-order valence-electron chi connectivity index (χ4n) is 2.83. The topological polar surface area (TPSA) is 81.4 Å². The van der Waals surface area contributed by atoms with E-state index in [9.17, 15) is 4.79 Å². The number of amides is 1. The van der Waals surface area contributed by atoms with Crippen LogP contribution in [0.5, 0.6) is 5.88 Å². The molecule has 4 aromatic rings. The highest BCUT2D eigenvalue weighted by molar-refractivity contribution is 5.99. The largest absolute Gasteiger partial charge is 0.481 e. The number of ether oxygens (including phenoxy) is 1. The minimum Gasteiger partial charge on any atom is -0.481 e. The van der Waals surface area contributed by atoms with Crippen molar-refractivity contribution in [3.05, 3.63) is 78.2 Å². The highest BCUT2D eigenvalue weighted by Gasteiger charge is 2.16. The Morgan fingerprint density at radius 3 is 2.74 bits per heavy atom. The number of fused-ring (bicyclic) bond motifs is 1. The van der Waals surface area contributed by atoms with Crippen LogP contribution in [-0.4, -0.2) is 32.6 Å². The van der Waals surface area contributed by atoms with Crippen LogP contribution < -0.4 is 10.1 Å². The molecule has 0 aliphatic heterocycles. The number of hydrogen-bond donors (Lipinski definition) is 1. The Hall–Kier alpha value is -3.74. The third-order valence-corrected chi connectivity index (χ3v) is 4.18. The highest BCUT2D eigenvalue weighted by Crippen LogP contribution is 2.20. The number of benzene rings is 1. The summed E-state index contributed by atoms with van der Waals surface area (Å²) in [5, 5.41) is 7.25. The zero-order chi connectivity index (χ0) is 18.6. The number of methoxy groups -OCH3 is 1. The van der Waals surface area contributed by atoms with Gasteiger partial charge in [0.05, 0.1) is 19.0 Å². The zero-order valence-electron chi connectivity index (χ0n) is 14.7. The number of carbonyl (C=O) groups is 1. The van der Waals surface area contributed by atoms with Crippen LogP contribution in [0, 0.1) is 0 Å². The second-order valence-electron chi connectivity index (χ2n) is 5.88. The van der Waals surface area contributed by atoms with Gasteiger partial charge in [-0.1, -0.05) is 30.3 Å². The molecule has 3 aromatic heterocycles. The average molecular weight is 359 g/mol. The van der Waals surface area contributed by atoms with E-state index in [4.69, 9.17) is 4.74 Å². The molecule has 1 amide bonds. The Balaban J connectivity index is 1.59. The summed E-state index contributed by atoms with van der Waals surface area (Å²) in [7, 11) is 1.56.